The summed E-state index contributed by atoms with van der Waals surface area (Å²) >= 11 is 0. The van der Waals surface area contributed by atoms with Crippen LogP contribution in [-0.4, -0.2) is 17.8 Å². The molecule has 15 heavy (non-hydrogen) atoms. The summed E-state index contributed by atoms with van der Waals surface area (Å²) < 4.78 is 0. The lowest BCUT2D eigenvalue weighted by Crippen LogP contribution is -2.46. The van der Waals surface area contributed by atoms with E-state index >= 15 is 0 Å². The molecule has 3 atom stereocenters. The number of aliphatic hydroxyl groups excluding tert-OH is 1. The Morgan fingerprint density at radius 1 is 1.40 bits per heavy atom. The molecule has 2 rings (SSSR count). The second-order valence-electron chi connectivity index (χ2n) is 5.72. The molecule has 0 aromatic rings. The minimum absolute atomic E-state index is 0.0695. The van der Waals surface area contributed by atoms with Crippen LogP contribution in [0.25, 0.3) is 0 Å². The molecule has 2 nitrogen and oxygen atoms in total. The number of hydrogen-bond donors (Lipinski definition) is 2. The number of rotatable bonds is 4. The molecule has 3 N–H and O–H groups in total. The van der Waals surface area contributed by atoms with Gasteiger partial charge in [0.05, 0.1) is 6.10 Å². The largest absolute Gasteiger partial charge is 0.392 e. The van der Waals surface area contributed by atoms with E-state index in [9.17, 15) is 5.11 Å². The van der Waals surface area contributed by atoms with Crippen LogP contribution in [0.5, 0.6) is 0 Å². The van der Waals surface area contributed by atoms with E-state index in [0.29, 0.717) is 12.5 Å². The van der Waals surface area contributed by atoms with E-state index in [-0.39, 0.29) is 11.5 Å². The van der Waals surface area contributed by atoms with Crippen LogP contribution < -0.4 is 5.73 Å². The van der Waals surface area contributed by atoms with Crippen molar-refractivity contribution in [2.24, 2.45) is 23.0 Å². The summed E-state index contributed by atoms with van der Waals surface area (Å²) in [5, 5.41) is 10.4. The standard InChI is InChI=1S/C13H25NO/c1-2-10-4-3-7-13(8-10,9-14)12(15)11-5-6-11/h10-12,15H,2-9,14H2,1H3. The van der Waals surface area contributed by atoms with E-state index in [1.165, 1.54) is 32.1 Å². The van der Waals surface area contributed by atoms with Crippen molar-refractivity contribution in [1.82, 2.24) is 0 Å². The van der Waals surface area contributed by atoms with Gasteiger partial charge < -0.3 is 10.8 Å². The molecule has 0 aliphatic heterocycles. The van der Waals surface area contributed by atoms with E-state index in [1.807, 2.05) is 0 Å². The van der Waals surface area contributed by atoms with Crippen LogP contribution in [0.2, 0.25) is 0 Å². The van der Waals surface area contributed by atoms with Gasteiger partial charge in [0, 0.05) is 12.0 Å². The fraction of sp³-hybridized carbons (Fsp3) is 1.00. The van der Waals surface area contributed by atoms with E-state index < -0.39 is 0 Å². The summed E-state index contributed by atoms with van der Waals surface area (Å²) in [5.41, 5.74) is 6.03. The third kappa shape index (κ3) is 2.21. The summed E-state index contributed by atoms with van der Waals surface area (Å²) in [4.78, 5) is 0. The maximum Gasteiger partial charge on any atom is 0.0636 e. The van der Waals surface area contributed by atoms with Crippen LogP contribution in [0.15, 0.2) is 0 Å². The minimum Gasteiger partial charge on any atom is -0.392 e. The van der Waals surface area contributed by atoms with Crippen LogP contribution in [-0.2, 0) is 0 Å². The second kappa shape index (κ2) is 4.42. The zero-order chi connectivity index (χ0) is 10.9. The predicted molar refractivity (Wildman–Crippen MR) is 62.5 cm³/mol. The van der Waals surface area contributed by atoms with Gasteiger partial charge in [0.25, 0.3) is 0 Å². The van der Waals surface area contributed by atoms with Crippen LogP contribution in [0.1, 0.15) is 51.9 Å². The van der Waals surface area contributed by atoms with Gasteiger partial charge in [0.15, 0.2) is 0 Å². The Morgan fingerprint density at radius 3 is 2.67 bits per heavy atom. The fourth-order valence-corrected chi connectivity index (χ4v) is 3.36. The molecule has 2 aliphatic rings. The molecule has 0 saturated heterocycles. The van der Waals surface area contributed by atoms with Gasteiger partial charge in [-0.3, -0.25) is 0 Å². The average molecular weight is 211 g/mol. The van der Waals surface area contributed by atoms with Gasteiger partial charge in [-0.1, -0.05) is 26.2 Å². The van der Waals surface area contributed by atoms with Crippen LogP contribution >= 0.6 is 0 Å². The maximum atomic E-state index is 10.4. The first-order valence-electron chi connectivity index (χ1n) is 6.60. The van der Waals surface area contributed by atoms with Crippen molar-refractivity contribution >= 4 is 0 Å². The van der Waals surface area contributed by atoms with Gasteiger partial charge in [-0.15, -0.1) is 0 Å². The fourth-order valence-electron chi connectivity index (χ4n) is 3.36. The lowest BCUT2D eigenvalue weighted by Gasteiger charge is -2.43. The smallest absolute Gasteiger partial charge is 0.0636 e. The van der Waals surface area contributed by atoms with Gasteiger partial charge in [0.1, 0.15) is 0 Å². The normalized spacial score (nSPS) is 39.0. The quantitative estimate of drug-likeness (QED) is 0.749. The second-order valence-corrected chi connectivity index (χ2v) is 5.72. The molecule has 2 saturated carbocycles. The van der Waals surface area contributed by atoms with Crippen molar-refractivity contribution in [2.45, 2.75) is 58.0 Å². The Labute approximate surface area is 93.2 Å². The Balaban J connectivity index is 2.04. The first-order chi connectivity index (χ1) is 7.22. The first kappa shape index (κ1) is 11.4. The molecular weight excluding hydrogens is 186 g/mol. The Kier molecular flexibility index (Phi) is 3.36. The van der Waals surface area contributed by atoms with Crippen LogP contribution in [0.3, 0.4) is 0 Å². The Hall–Kier alpha value is -0.0800. The van der Waals surface area contributed by atoms with E-state index in [1.54, 1.807) is 0 Å². The molecular formula is C13H25NO. The third-order valence-corrected chi connectivity index (χ3v) is 4.66. The molecule has 2 heteroatoms. The highest BCUT2D eigenvalue weighted by molar-refractivity contribution is 4.98. The van der Waals surface area contributed by atoms with Crippen molar-refractivity contribution < 1.29 is 5.11 Å². The lowest BCUT2D eigenvalue weighted by atomic mass is 9.65. The molecule has 0 amide bonds. The van der Waals surface area contributed by atoms with E-state index in [2.05, 4.69) is 6.92 Å². The highest BCUT2D eigenvalue weighted by Crippen LogP contribution is 2.49. The number of nitrogens with two attached hydrogens (primary N) is 1. The van der Waals surface area contributed by atoms with Gasteiger partial charge in [-0.05, 0) is 37.5 Å². The summed E-state index contributed by atoms with van der Waals surface area (Å²) in [6, 6.07) is 0. The molecule has 0 aromatic carbocycles. The van der Waals surface area contributed by atoms with Crippen molar-refractivity contribution in [3.8, 4) is 0 Å². The third-order valence-electron chi connectivity index (χ3n) is 4.66. The highest BCUT2D eigenvalue weighted by Gasteiger charge is 2.46. The summed E-state index contributed by atoms with van der Waals surface area (Å²) in [7, 11) is 0. The highest BCUT2D eigenvalue weighted by atomic mass is 16.3. The van der Waals surface area contributed by atoms with Crippen molar-refractivity contribution in [3.63, 3.8) is 0 Å². The van der Waals surface area contributed by atoms with Gasteiger partial charge in [0.2, 0.25) is 0 Å². The Morgan fingerprint density at radius 2 is 2.13 bits per heavy atom. The molecule has 0 bridgehead atoms. The predicted octanol–water partition coefficient (Wildman–Crippen LogP) is 2.30. The first-order valence-corrected chi connectivity index (χ1v) is 6.60. The van der Waals surface area contributed by atoms with Crippen molar-refractivity contribution in [3.05, 3.63) is 0 Å². The van der Waals surface area contributed by atoms with Gasteiger partial charge in [-0.2, -0.15) is 0 Å². The zero-order valence-corrected chi connectivity index (χ0v) is 9.91. The molecule has 3 unspecified atom stereocenters. The van der Waals surface area contributed by atoms with Gasteiger partial charge >= 0.3 is 0 Å². The van der Waals surface area contributed by atoms with Crippen molar-refractivity contribution in [1.29, 1.82) is 0 Å². The molecule has 88 valence electrons. The minimum atomic E-state index is -0.114. The molecule has 2 fully saturated rings. The van der Waals surface area contributed by atoms with Gasteiger partial charge in [-0.25, -0.2) is 0 Å². The number of hydrogen-bond acceptors (Lipinski definition) is 2. The average Bonchev–Trinajstić information content (AvgIpc) is 3.12. The molecule has 0 heterocycles. The number of aliphatic hydroxyl groups is 1. The monoisotopic (exact) mass is 211 g/mol. The summed E-state index contributed by atoms with van der Waals surface area (Å²) in [6.07, 6.45) is 8.50. The molecule has 0 radical (unpaired) electrons. The van der Waals surface area contributed by atoms with Crippen molar-refractivity contribution in [2.75, 3.05) is 6.54 Å². The molecule has 2 aliphatic carbocycles. The lowest BCUT2D eigenvalue weighted by molar-refractivity contribution is -0.0274. The summed E-state index contributed by atoms with van der Waals surface area (Å²) in [6.45, 7) is 2.95. The molecule has 0 spiro atoms. The van der Waals surface area contributed by atoms with Crippen LogP contribution in [0.4, 0.5) is 0 Å². The Bertz CT molecular complexity index is 215. The maximum absolute atomic E-state index is 10.4. The summed E-state index contributed by atoms with van der Waals surface area (Å²) in [5.74, 6) is 1.37. The zero-order valence-electron chi connectivity index (χ0n) is 9.91. The van der Waals surface area contributed by atoms with Crippen LogP contribution in [0, 0.1) is 17.3 Å². The van der Waals surface area contributed by atoms with E-state index in [0.717, 1.165) is 18.8 Å². The molecule has 0 aromatic heterocycles. The SMILES string of the molecule is CCC1CCCC(CN)(C(O)C2CC2)C1. The van der Waals surface area contributed by atoms with E-state index in [4.69, 9.17) is 5.73 Å². The topological polar surface area (TPSA) is 46.2 Å².